The van der Waals surface area contributed by atoms with Gasteiger partial charge in [-0.2, -0.15) is 0 Å². The van der Waals surface area contributed by atoms with Gasteiger partial charge in [-0.05, 0) is 23.3 Å². The summed E-state index contributed by atoms with van der Waals surface area (Å²) in [5, 5.41) is 10.0. The van der Waals surface area contributed by atoms with Crippen LogP contribution in [0.15, 0.2) is 53.3 Å². The van der Waals surface area contributed by atoms with Crippen LogP contribution in [0.5, 0.6) is 5.75 Å². The number of hydrogen-bond acceptors (Lipinski definition) is 3. The van der Waals surface area contributed by atoms with Crippen molar-refractivity contribution in [3.05, 3.63) is 73.6 Å². The number of phenolic OH excluding ortho intramolecular Hbond substituents is 1. The molecule has 0 atom stereocenters. The van der Waals surface area contributed by atoms with Crippen LogP contribution in [0.4, 0.5) is 0 Å². The molecule has 2 N–H and O–H groups in total. The number of rotatable bonds is 2. The highest BCUT2D eigenvalue weighted by molar-refractivity contribution is 7.07. The van der Waals surface area contributed by atoms with Crippen LogP contribution in [-0.2, 0) is 0 Å². The zero-order chi connectivity index (χ0) is 14.8. The van der Waals surface area contributed by atoms with Gasteiger partial charge in [-0.25, -0.2) is 0 Å². The first-order valence-corrected chi connectivity index (χ1v) is 7.24. The van der Waals surface area contributed by atoms with E-state index in [0.29, 0.717) is 9.20 Å². The number of thiazole rings is 1. The molecule has 0 radical (unpaired) electrons. The van der Waals surface area contributed by atoms with Crippen LogP contribution in [0.1, 0.15) is 5.56 Å². The highest BCUT2D eigenvalue weighted by Gasteiger charge is 2.07. The van der Waals surface area contributed by atoms with Gasteiger partial charge >= 0.3 is 0 Å². The van der Waals surface area contributed by atoms with E-state index >= 15 is 0 Å². The molecule has 1 aromatic heterocycles. The van der Waals surface area contributed by atoms with Crippen LogP contribution in [0, 0.1) is 0 Å². The molecule has 0 saturated carbocycles. The Labute approximate surface area is 125 Å². The van der Waals surface area contributed by atoms with Crippen LogP contribution < -0.4 is 14.8 Å². The first kappa shape index (κ1) is 13.4. The fourth-order valence-corrected chi connectivity index (χ4v) is 2.94. The standard InChI is InChI=1S/C17H13NO2S/c1-11-18-17(20)16(21-11)10-12-6-2-3-7-13(12)14-8-4-5-9-15(14)19/h2-10,19H,1H2,(H,18,20)/b16-10-. The number of phenols is 1. The molecule has 0 saturated heterocycles. The van der Waals surface area contributed by atoms with Gasteiger partial charge < -0.3 is 10.1 Å². The summed E-state index contributed by atoms with van der Waals surface area (Å²) in [6.45, 7) is 3.74. The lowest BCUT2D eigenvalue weighted by molar-refractivity contribution is 0.477. The van der Waals surface area contributed by atoms with E-state index in [1.165, 1.54) is 11.3 Å². The average Bonchev–Trinajstić information content (AvgIpc) is 2.78. The second kappa shape index (κ2) is 5.42. The summed E-state index contributed by atoms with van der Waals surface area (Å²) < 4.78 is 1.23. The number of nitrogens with one attached hydrogen (secondary N) is 1. The molecule has 104 valence electrons. The smallest absolute Gasteiger partial charge is 0.266 e. The third-order valence-electron chi connectivity index (χ3n) is 3.15. The van der Waals surface area contributed by atoms with Gasteiger partial charge in [-0.1, -0.05) is 49.0 Å². The van der Waals surface area contributed by atoms with Crippen molar-refractivity contribution in [3.63, 3.8) is 0 Å². The fourth-order valence-electron chi connectivity index (χ4n) is 2.20. The molecule has 0 aliphatic carbocycles. The Morgan fingerprint density at radius 2 is 1.71 bits per heavy atom. The molecule has 3 rings (SSSR count). The Kier molecular flexibility index (Phi) is 3.46. The fraction of sp³-hybridized carbons (Fsp3) is 0. The predicted molar refractivity (Wildman–Crippen MR) is 86.8 cm³/mol. The van der Waals surface area contributed by atoms with E-state index in [1.54, 1.807) is 12.1 Å². The maximum Gasteiger partial charge on any atom is 0.266 e. The summed E-state index contributed by atoms with van der Waals surface area (Å²) in [5.41, 5.74) is 2.37. The van der Waals surface area contributed by atoms with E-state index in [9.17, 15) is 9.90 Å². The summed E-state index contributed by atoms with van der Waals surface area (Å²) in [5.74, 6) is 0.219. The summed E-state index contributed by atoms with van der Waals surface area (Å²) in [6.07, 6.45) is 1.82. The van der Waals surface area contributed by atoms with Gasteiger partial charge in [0.2, 0.25) is 0 Å². The molecule has 3 nitrogen and oxygen atoms in total. The SMILES string of the molecule is C=c1[nH]c(=O)/c(=C/c2ccccc2-c2ccccc2O)s1. The van der Waals surface area contributed by atoms with E-state index in [0.717, 1.165) is 16.7 Å². The van der Waals surface area contributed by atoms with Crippen molar-refractivity contribution in [3.8, 4) is 16.9 Å². The lowest BCUT2D eigenvalue weighted by atomic mass is 9.99. The largest absolute Gasteiger partial charge is 0.507 e. The Hall–Kier alpha value is -2.59. The summed E-state index contributed by atoms with van der Waals surface area (Å²) >= 11 is 1.32. The van der Waals surface area contributed by atoms with Crippen molar-refractivity contribution < 1.29 is 5.11 Å². The van der Waals surface area contributed by atoms with Crippen LogP contribution in [0.3, 0.4) is 0 Å². The lowest BCUT2D eigenvalue weighted by Crippen LogP contribution is -2.19. The third-order valence-corrected chi connectivity index (χ3v) is 4.02. The van der Waals surface area contributed by atoms with E-state index < -0.39 is 0 Å². The number of benzene rings is 2. The molecule has 21 heavy (non-hydrogen) atoms. The molecule has 0 spiro atoms. The Morgan fingerprint density at radius 3 is 2.38 bits per heavy atom. The number of para-hydroxylation sites is 1. The quantitative estimate of drug-likeness (QED) is 0.760. The molecule has 1 heterocycles. The van der Waals surface area contributed by atoms with Gasteiger partial charge in [0.05, 0.1) is 9.20 Å². The van der Waals surface area contributed by atoms with Crippen molar-refractivity contribution in [1.82, 2.24) is 4.98 Å². The molecule has 4 heteroatoms. The average molecular weight is 295 g/mol. The molecule has 2 aromatic carbocycles. The Morgan fingerprint density at radius 1 is 1.05 bits per heavy atom. The highest BCUT2D eigenvalue weighted by atomic mass is 32.1. The molecule has 0 amide bonds. The Bertz CT molecular complexity index is 953. The molecule has 0 aliphatic heterocycles. The lowest BCUT2D eigenvalue weighted by Gasteiger charge is -2.07. The molecule has 0 fully saturated rings. The molecule has 0 aliphatic rings. The van der Waals surface area contributed by atoms with E-state index in [1.807, 2.05) is 42.5 Å². The first-order valence-electron chi connectivity index (χ1n) is 6.42. The second-order valence-corrected chi connectivity index (χ2v) is 5.73. The molecule has 0 unspecified atom stereocenters. The molecular formula is C17H13NO2S. The van der Waals surface area contributed by atoms with Crippen molar-refractivity contribution in [2.45, 2.75) is 0 Å². The highest BCUT2D eigenvalue weighted by Crippen LogP contribution is 2.31. The number of hydrogen-bond donors (Lipinski definition) is 2. The second-order valence-electron chi connectivity index (χ2n) is 4.59. The van der Waals surface area contributed by atoms with Crippen molar-refractivity contribution in [2.24, 2.45) is 0 Å². The first-order chi connectivity index (χ1) is 10.1. The number of aromatic amines is 1. The topological polar surface area (TPSA) is 53.1 Å². The molecular weight excluding hydrogens is 282 g/mol. The maximum absolute atomic E-state index is 11.8. The van der Waals surface area contributed by atoms with E-state index in [4.69, 9.17) is 0 Å². The Balaban J connectivity index is 2.25. The maximum atomic E-state index is 11.8. The summed E-state index contributed by atoms with van der Waals surface area (Å²) in [6, 6.07) is 14.8. The third kappa shape index (κ3) is 2.66. The van der Waals surface area contributed by atoms with Gasteiger partial charge in [-0.15, -0.1) is 11.3 Å². The normalized spacial score (nSPS) is 11.7. The minimum absolute atomic E-state index is 0.142. The van der Waals surface area contributed by atoms with Crippen LogP contribution in [0.2, 0.25) is 0 Å². The van der Waals surface area contributed by atoms with Crippen molar-refractivity contribution >= 4 is 24.0 Å². The summed E-state index contributed by atoms with van der Waals surface area (Å²) in [7, 11) is 0. The van der Waals surface area contributed by atoms with Gasteiger partial charge in [-0.3, -0.25) is 4.79 Å². The van der Waals surface area contributed by atoms with Crippen LogP contribution in [-0.4, -0.2) is 10.1 Å². The van der Waals surface area contributed by atoms with Crippen LogP contribution >= 0.6 is 11.3 Å². The molecule has 3 aromatic rings. The van der Waals surface area contributed by atoms with E-state index in [-0.39, 0.29) is 11.3 Å². The van der Waals surface area contributed by atoms with Crippen LogP contribution in [0.25, 0.3) is 23.8 Å². The predicted octanol–water partition coefficient (Wildman–Crippen LogP) is 2.05. The molecule has 0 bridgehead atoms. The number of aromatic hydroxyl groups is 1. The van der Waals surface area contributed by atoms with Gasteiger partial charge in [0, 0.05) is 5.56 Å². The number of H-pyrrole nitrogens is 1. The number of aromatic nitrogens is 1. The van der Waals surface area contributed by atoms with Gasteiger partial charge in [0.25, 0.3) is 5.56 Å². The van der Waals surface area contributed by atoms with Crippen molar-refractivity contribution in [2.75, 3.05) is 0 Å². The zero-order valence-corrected chi connectivity index (χ0v) is 12.0. The minimum atomic E-state index is -0.142. The van der Waals surface area contributed by atoms with Crippen molar-refractivity contribution in [1.29, 1.82) is 0 Å². The zero-order valence-electron chi connectivity index (χ0n) is 11.2. The van der Waals surface area contributed by atoms with Gasteiger partial charge in [0.15, 0.2) is 0 Å². The monoisotopic (exact) mass is 295 g/mol. The minimum Gasteiger partial charge on any atom is -0.507 e. The van der Waals surface area contributed by atoms with Gasteiger partial charge in [0.1, 0.15) is 5.75 Å². The summed E-state index contributed by atoms with van der Waals surface area (Å²) in [4.78, 5) is 14.5. The van der Waals surface area contributed by atoms with E-state index in [2.05, 4.69) is 11.6 Å².